The second-order valence-electron chi connectivity index (χ2n) is 3.41. The smallest absolute Gasteiger partial charge is 0.313 e. The van der Waals surface area contributed by atoms with Crippen molar-refractivity contribution in [3.8, 4) is 5.69 Å². The van der Waals surface area contributed by atoms with Gasteiger partial charge in [-0.1, -0.05) is 11.8 Å². The monoisotopic (exact) mass is 249 g/mol. The lowest BCUT2D eigenvalue weighted by atomic mass is 10.4. The number of aryl methyl sites for hydroxylation is 1. The fourth-order valence-corrected chi connectivity index (χ4v) is 2.20. The Morgan fingerprint density at radius 3 is 3.00 bits per heavy atom. The zero-order valence-electron chi connectivity index (χ0n) is 9.20. The number of carboxylic acid groups (broad SMARTS) is 1. The van der Waals surface area contributed by atoms with Gasteiger partial charge in [-0.2, -0.15) is 0 Å². The quantitative estimate of drug-likeness (QED) is 0.836. The van der Waals surface area contributed by atoms with Crippen molar-refractivity contribution < 1.29 is 9.90 Å². The zero-order chi connectivity index (χ0) is 12.3. The van der Waals surface area contributed by atoms with Crippen molar-refractivity contribution in [2.24, 2.45) is 0 Å². The summed E-state index contributed by atoms with van der Waals surface area (Å²) in [5, 5.41) is 9.34. The van der Waals surface area contributed by atoms with Gasteiger partial charge in [-0.15, -0.1) is 0 Å². The molecule has 88 valence electrons. The van der Waals surface area contributed by atoms with E-state index in [-0.39, 0.29) is 5.75 Å². The Bertz CT molecular complexity index is 525. The highest BCUT2D eigenvalue weighted by Gasteiger charge is 2.11. The second-order valence-corrected chi connectivity index (χ2v) is 4.35. The molecule has 0 bridgehead atoms. The number of aliphatic carboxylic acids is 1. The fraction of sp³-hybridized carbons (Fsp3) is 0.182. The predicted molar refractivity (Wildman–Crippen MR) is 64.5 cm³/mol. The summed E-state index contributed by atoms with van der Waals surface area (Å²) >= 11 is 1.20. The first-order valence-corrected chi connectivity index (χ1v) is 5.96. The summed E-state index contributed by atoms with van der Waals surface area (Å²) in [7, 11) is 0. The third-order valence-corrected chi connectivity index (χ3v) is 3.07. The molecule has 2 rings (SSSR count). The number of carboxylic acids is 1. The van der Waals surface area contributed by atoms with Crippen molar-refractivity contribution in [2.45, 2.75) is 12.1 Å². The Morgan fingerprint density at radius 2 is 2.35 bits per heavy atom. The van der Waals surface area contributed by atoms with Crippen LogP contribution < -0.4 is 0 Å². The highest BCUT2D eigenvalue weighted by atomic mass is 32.2. The van der Waals surface area contributed by atoms with E-state index in [1.54, 1.807) is 18.6 Å². The standard InChI is InChI=1S/C11H11N3O2S/c1-8-5-13-11(17-7-10(15)16)14(8)9-3-2-4-12-6-9/h2-6H,7H2,1H3,(H,15,16). The van der Waals surface area contributed by atoms with Crippen molar-refractivity contribution in [3.63, 3.8) is 0 Å². The van der Waals surface area contributed by atoms with Crippen LogP contribution >= 0.6 is 11.8 Å². The Balaban J connectivity index is 2.33. The molecular weight excluding hydrogens is 238 g/mol. The summed E-state index contributed by atoms with van der Waals surface area (Å²) in [6, 6.07) is 3.74. The Labute approximate surface area is 103 Å². The summed E-state index contributed by atoms with van der Waals surface area (Å²) in [4.78, 5) is 18.8. The van der Waals surface area contributed by atoms with Gasteiger partial charge in [0.15, 0.2) is 5.16 Å². The number of nitrogens with zero attached hydrogens (tertiary/aromatic N) is 3. The fourth-order valence-electron chi connectivity index (χ4n) is 1.44. The molecule has 0 spiro atoms. The van der Waals surface area contributed by atoms with E-state index in [0.717, 1.165) is 11.4 Å². The average Bonchev–Trinajstić information content (AvgIpc) is 2.69. The predicted octanol–water partition coefficient (Wildman–Crippen LogP) is 1.75. The molecule has 0 atom stereocenters. The van der Waals surface area contributed by atoms with Crippen LogP contribution in [0.2, 0.25) is 0 Å². The maximum Gasteiger partial charge on any atom is 0.313 e. The normalized spacial score (nSPS) is 10.4. The van der Waals surface area contributed by atoms with Crippen molar-refractivity contribution in [2.75, 3.05) is 5.75 Å². The molecule has 0 aliphatic rings. The number of carbonyl (C=O) groups is 1. The molecule has 0 unspecified atom stereocenters. The molecule has 5 nitrogen and oxygen atoms in total. The lowest BCUT2D eigenvalue weighted by Gasteiger charge is -2.08. The third-order valence-electron chi connectivity index (χ3n) is 2.13. The zero-order valence-corrected chi connectivity index (χ0v) is 10.0. The molecule has 6 heteroatoms. The molecule has 2 aromatic heterocycles. The number of hydrogen-bond donors (Lipinski definition) is 1. The number of rotatable bonds is 4. The topological polar surface area (TPSA) is 68.0 Å². The van der Waals surface area contributed by atoms with E-state index in [2.05, 4.69) is 9.97 Å². The maximum absolute atomic E-state index is 10.6. The minimum atomic E-state index is -0.853. The molecule has 0 radical (unpaired) electrons. The van der Waals surface area contributed by atoms with Crippen LogP contribution in [0.25, 0.3) is 5.69 Å². The van der Waals surface area contributed by atoms with Crippen LogP contribution in [0.5, 0.6) is 0 Å². The Hall–Kier alpha value is -1.82. The van der Waals surface area contributed by atoms with Crippen molar-refractivity contribution >= 4 is 17.7 Å². The van der Waals surface area contributed by atoms with Crippen LogP contribution in [0.15, 0.2) is 35.9 Å². The molecule has 2 aromatic rings. The summed E-state index contributed by atoms with van der Waals surface area (Å²) in [5.74, 6) is -0.857. The molecule has 2 heterocycles. The van der Waals surface area contributed by atoms with Crippen molar-refractivity contribution in [3.05, 3.63) is 36.4 Å². The van der Waals surface area contributed by atoms with Crippen LogP contribution in [-0.2, 0) is 4.79 Å². The largest absolute Gasteiger partial charge is 0.481 e. The third kappa shape index (κ3) is 2.65. The van der Waals surface area contributed by atoms with Gasteiger partial charge in [-0.3, -0.25) is 14.3 Å². The summed E-state index contributed by atoms with van der Waals surface area (Å²) in [5.41, 5.74) is 1.83. The van der Waals surface area contributed by atoms with E-state index < -0.39 is 5.97 Å². The van der Waals surface area contributed by atoms with Gasteiger partial charge < -0.3 is 5.11 Å². The Kier molecular flexibility index (Phi) is 3.43. The summed E-state index contributed by atoms with van der Waals surface area (Å²) in [6.45, 7) is 1.92. The van der Waals surface area contributed by atoms with Crippen molar-refractivity contribution in [1.29, 1.82) is 0 Å². The highest BCUT2D eigenvalue weighted by molar-refractivity contribution is 7.99. The molecular formula is C11H11N3O2S. The molecule has 0 aromatic carbocycles. The number of pyridine rings is 1. The van der Waals surface area contributed by atoms with Crippen LogP contribution in [0.4, 0.5) is 0 Å². The van der Waals surface area contributed by atoms with Gasteiger partial charge in [0.05, 0.1) is 17.6 Å². The molecule has 0 aliphatic carbocycles. The van der Waals surface area contributed by atoms with Gasteiger partial charge in [0, 0.05) is 18.1 Å². The average molecular weight is 249 g/mol. The molecule has 0 saturated carbocycles. The van der Waals surface area contributed by atoms with Crippen LogP contribution in [0, 0.1) is 6.92 Å². The minimum Gasteiger partial charge on any atom is -0.481 e. The SMILES string of the molecule is Cc1cnc(SCC(=O)O)n1-c1cccnc1. The lowest BCUT2D eigenvalue weighted by Crippen LogP contribution is -2.03. The number of hydrogen-bond acceptors (Lipinski definition) is 4. The molecule has 0 fully saturated rings. The van der Waals surface area contributed by atoms with Crippen molar-refractivity contribution in [1.82, 2.24) is 14.5 Å². The van der Waals surface area contributed by atoms with Gasteiger partial charge in [0.25, 0.3) is 0 Å². The van der Waals surface area contributed by atoms with Gasteiger partial charge in [-0.25, -0.2) is 4.98 Å². The van der Waals surface area contributed by atoms with E-state index in [1.165, 1.54) is 11.8 Å². The van der Waals surface area contributed by atoms with E-state index >= 15 is 0 Å². The first kappa shape index (κ1) is 11.7. The van der Waals surface area contributed by atoms with E-state index in [9.17, 15) is 4.79 Å². The van der Waals surface area contributed by atoms with E-state index in [4.69, 9.17) is 5.11 Å². The molecule has 0 aliphatic heterocycles. The minimum absolute atomic E-state index is 0.00326. The molecule has 0 amide bonds. The second kappa shape index (κ2) is 5.01. The molecule has 0 saturated heterocycles. The van der Waals surface area contributed by atoms with E-state index in [0.29, 0.717) is 5.16 Å². The van der Waals surface area contributed by atoms with E-state index in [1.807, 2.05) is 23.6 Å². The number of aromatic nitrogens is 3. The first-order chi connectivity index (χ1) is 8.18. The highest BCUT2D eigenvalue weighted by Crippen LogP contribution is 2.22. The van der Waals surface area contributed by atoms with Crippen LogP contribution in [0.3, 0.4) is 0 Å². The van der Waals surface area contributed by atoms with Crippen LogP contribution in [-0.4, -0.2) is 31.4 Å². The molecule has 17 heavy (non-hydrogen) atoms. The molecule has 1 N–H and O–H groups in total. The number of imidazole rings is 1. The van der Waals surface area contributed by atoms with Gasteiger partial charge in [0.2, 0.25) is 0 Å². The number of thioether (sulfide) groups is 1. The maximum atomic E-state index is 10.6. The van der Waals surface area contributed by atoms with Gasteiger partial charge in [-0.05, 0) is 19.1 Å². The summed E-state index contributed by atoms with van der Waals surface area (Å²) < 4.78 is 1.89. The lowest BCUT2D eigenvalue weighted by molar-refractivity contribution is -0.133. The summed E-state index contributed by atoms with van der Waals surface area (Å²) in [6.07, 6.45) is 5.14. The van der Waals surface area contributed by atoms with Gasteiger partial charge >= 0.3 is 5.97 Å². The van der Waals surface area contributed by atoms with Crippen LogP contribution in [0.1, 0.15) is 5.69 Å². The van der Waals surface area contributed by atoms with Gasteiger partial charge in [0.1, 0.15) is 0 Å². The Morgan fingerprint density at radius 1 is 1.53 bits per heavy atom. The first-order valence-electron chi connectivity index (χ1n) is 4.98.